The number of H-pyrrole nitrogens is 1. The van der Waals surface area contributed by atoms with E-state index in [1.54, 1.807) is 24.4 Å². The molecule has 1 aliphatic rings. The Labute approximate surface area is 190 Å². The number of fused-ring (bicyclic) bond motifs is 1. The molecular formula is C24H27FN4O4. The van der Waals surface area contributed by atoms with Gasteiger partial charge >= 0.3 is 0 Å². The molecule has 0 spiro atoms. The third-order valence-electron chi connectivity index (χ3n) is 6.05. The average Bonchev–Trinajstić information content (AvgIpc) is 3.23. The number of non-ortho nitro benzene ring substituents is 1. The molecule has 2 N–H and O–H groups in total. The van der Waals surface area contributed by atoms with Crippen LogP contribution in [0, 0.1) is 22.9 Å². The van der Waals surface area contributed by atoms with E-state index in [2.05, 4.69) is 15.2 Å². The molecule has 1 atom stereocenters. The molecule has 2 aromatic carbocycles. The molecule has 1 saturated heterocycles. The van der Waals surface area contributed by atoms with Gasteiger partial charge in [0.25, 0.3) is 5.69 Å². The normalized spacial score (nSPS) is 15.5. The quantitative estimate of drug-likeness (QED) is 0.401. The molecule has 9 heteroatoms. The van der Waals surface area contributed by atoms with Crippen LogP contribution in [0.1, 0.15) is 29.0 Å². The number of nitro benzene ring substituents is 1. The fourth-order valence-corrected chi connectivity index (χ4v) is 4.29. The molecule has 2 heterocycles. The minimum absolute atomic E-state index is 0.0269. The van der Waals surface area contributed by atoms with Crippen LogP contribution in [0.2, 0.25) is 0 Å². The van der Waals surface area contributed by atoms with Crippen LogP contribution < -0.4 is 5.32 Å². The summed E-state index contributed by atoms with van der Waals surface area (Å²) in [7, 11) is 0. The number of nitrogens with one attached hydrogen (secondary N) is 2. The lowest BCUT2D eigenvalue weighted by Crippen LogP contribution is -2.41. The highest BCUT2D eigenvalue weighted by molar-refractivity contribution is 5.87. The van der Waals surface area contributed by atoms with Crippen molar-refractivity contribution >= 4 is 22.5 Å². The lowest BCUT2D eigenvalue weighted by atomic mass is 9.86. The zero-order chi connectivity index (χ0) is 23.4. The topological polar surface area (TPSA) is 100 Å². The fourth-order valence-electron chi connectivity index (χ4n) is 4.29. The van der Waals surface area contributed by atoms with Gasteiger partial charge in [0.2, 0.25) is 5.91 Å². The van der Waals surface area contributed by atoms with Crippen LogP contribution in [0.4, 0.5) is 10.1 Å². The van der Waals surface area contributed by atoms with E-state index in [4.69, 9.17) is 4.74 Å². The smallest absolute Gasteiger partial charge is 0.270 e. The lowest BCUT2D eigenvalue weighted by molar-refractivity contribution is -0.384. The summed E-state index contributed by atoms with van der Waals surface area (Å²) in [6, 6.07) is 9.32. The third kappa shape index (κ3) is 5.37. The average molecular weight is 455 g/mol. The van der Waals surface area contributed by atoms with E-state index in [-0.39, 0.29) is 18.0 Å². The Morgan fingerprint density at radius 3 is 2.79 bits per heavy atom. The number of carbonyl (C=O) groups excluding carboxylic acids is 1. The summed E-state index contributed by atoms with van der Waals surface area (Å²) in [6.45, 7) is 6.12. The zero-order valence-electron chi connectivity index (χ0n) is 18.5. The van der Waals surface area contributed by atoms with Gasteiger partial charge < -0.3 is 15.0 Å². The lowest BCUT2D eigenvalue weighted by Gasteiger charge is -2.26. The van der Waals surface area contributed by atoms with Crippen molar-refractivity contribution in [3.8, 4) is 0 Å². The number of benzene rings is 2. The van der Waals surface area contributed by atoms with Crippen LogP contribution in [0.15, 0.2) is 42.6 Å². The molecule has 0 bridgehead atoms. The third-order valence-corrected chi connectivity index (χ3v) is 6.05. The van der Waals surface area contributed by atoms with Gasteiger partial charge in [-0.1, -0.05) is 17.7 Å². The van der Waals surface area contributed by atoms with Crippen molar-refractivity contribution in [2.75, 3.05) is 39.4 Å². The molecule has 1 aromatic heterocycles. The van der Waals surface area contributed by atoms with Crippen molar-refractivity contribution in [3.63, 3.8) is 0 Å². The zero-order valence-corrected chi connectivity index (χ0v) is 18.5. The second kappa shape index (κ2) is 10.1. The van der Waals surface area contributed by atoms with Gasteiger partial charge in [0, 0.05) is 67.8 Å². The highest BCUT2D eigenvalue weighted by Gasteiger charge is 2.25. The van der Waals surface area contributed by atoms with Crippen LogP contribution in [0.3, 0.4) is 0 Å². The second-order valence-corrected chi connectivity index (χ2v) is 8.32. The molecule has 1 unspecified atom stereocenters. The minimum atomic E-state index is -0.593. The number of carbonyl (C=O) groups is 1. The van der Waals surface area contributed by atoms with Gasteiger partial charge in [0.05, 0.1) is 18.1 Å². The van der Waals surface area contributed by atoms with Gasteiger partial charge in [-0.15, -0.1) is 0 Å². The second-order valence-electron chi connectivity index (χ2n) is 8.32. The number of nitrogens with zero attached hydrogens (tertiary/aromatic N) is 2. The van der Waals surface area contributed by atoms with Gasteiger partial charge in [-0.2, -0.15) is 0 Å². The number of aromatic nitrogens is 1. The number of ether oxygens (including phenoxy) is 1. The first-order valence-corrected chi connectivity index (χ1v) is 11.0. The summed E-state index contributed by atoms with van der Waals surface area (Å²) in [5.74, 6) is -1.20. The van der Waals surface area contributed by atoms with Crippen molar-refractivity contribution in [2.45, 2.75) is 19.3 Å². The van der Waals surface area contributed by atoms with E-state index in [0.717, 1.165) is 25.2 Å². The van der Waals surface area contributed by atoms with Crippen molar-refractivity contribution in [1.82, 2.24) is 15.2 Å². The molecule has 3 aromatic rings. The summed E-state index contributed by atoms with van der Waals surface area (Å²) in [5, 5.41) is 14.9. The van der Waals surface area contributed by atoms with E-state index < -0.39 is 16.7 Å². The Hall–Kier alpha value is -3.30. The number of aromatic amines is 1. The Bertz CT molecular complexity index is 1160. The minimum Gasteiger partial charge on any atom is -0.379 e. The van der Waals surface area contributed by atoms with Crippen LogP contribution in [-0.2, 0) is 9.53 Å². The number of hydrogen-bond donors (Lipinski definition) is 2. The molecule has 174 valence electrons. The highest BCUT2D eigenvalue weighted by atomic mass is 19.1. The van der Waals surface area contributed by atoms with E-state index in [1.165, 1.54) is 18.2 Å². The molecule has 4 rings (SSSR count). The molecular weight excluding hydrogens is 427 g/mol. The molecule has 0 aliphatic carbocycles. The number of morpholine rings is 1. The SMILES string of the molecule is Cc1ccc(F)c(C(CC(=O)NCCN2CCOCC2)c2c[nH]c3ccc([N+](=O)[O-])cc23)c1. The van der Waals surface area contributed by atoms with Gasteiger partial charge in [-0.25, -0.2) is 4.39 Å². The molecule has 33 heavy (non-hydrogen) atoms. The monoisotopic (exact) mass is 454 g/mol. The van der Waals surface area contributed by atoms with E-state index >= 15 is 0 Å². The Balaban J connectivity index is 1.60. The van der Waals surface area contributed by atoms with Crippen LogP contribution >= 0.6 is 0 Å². The van der Waals surface area contributed by atoms with Crippen LogP contribution in [-0.4, -0.2) is 60.1 Å². The van der Waals surface area contributed by atoms with Crippen molar-refractivity contribution in [2.24, 2.45) is 0 Å². The van der Waals surface area contributed by atoms with E-state index in [9.17, 15) is 19.3 Å². The van der Waals surface area contributed by atoms with E-state index in [1.807, 2.05) is 6.92 Å². The van der Waals surface area contributed by atoms with Crippen LogP contribution in [0.25, 0.3) is 10.9 Å². The Kier molecular flexibility index (Phi) is 7.00. The number of hydrogen-bond acceptors (Lipinski definition) is 5. The first-order chi connectivity index (χ1) is 15.9. The number of halogens is 1. The predicted molar refractivity (Wildman–Crippen MR) is 123 cm³/mol. The molecule has 1 fully saturated rings. The summed E-state index contributed by atoms with van der Waals surface area (Å²) in [4.78, 5) is 29.0. The first kappa shape index (κ1) is 22.9. The molecule has 1 aliphatic heterocycles. The summed E-state index contributed by atoms with van der Waals surface area (Å²) in [6.07, 6.45) is 1.74. The molecule has 8 nitrogen and oxygen atoms in total. The van der Waals surface area contributed by atoms with E-state index in [0.29, 0.717) is 41.8 Å². The fraction of sp³-hybridized carbons (Fsp3) is 0.375. The highest BCUT2D eigenvalue weighted by Crippen LogP contribution is 2.36. The number of aryl methyl sites for hydroxylation is 1. The summed E-state index contributed by atoms with van der Waals surface area (Å²) >= 11 is 0. The largest absolute Gasteiger partial charge is 0.379 e. The maximum atomic E-state index is 14.9. The first-order valence-electron chi connectivity index (χ1n) is 11.0. The van der Waals surface area contributed by atoms with Gasteiger partial charge in [0.1, 0.15) is 5.82 Å². The van der Waals surface area contributed by atoms with Gasteiger partial charge in [0.15, 0.2) is 0 Å². The van der Waals surface area contributed by atoms with Crippen molar-refractivity contribution < 1.29 is 18.8 Å². The number of nitro groups is 1. The Morgan fingerprint density at radius 2 is 2.03 bits per heavy atom. The van der Waals surface area contributed by atoms with Crippen LogP contribution in [0.5, 0.6) is 0 Å². The molecule has 0 saturated carbocycles. The maximum Gasteiger partial charge on any atom is 0.270 e. The maximum absolute atomic E-state index is 14.9. The van der Waals surface area contributed by atoms with Gasteiger partial charge in [-0.05, 0) is 30.2 Å². The number of rotatable bonds is 8. The molecule has 1 amide bonds. The standard InChI is InChI=1S/C24H27FN4O4/c1-16-2-4-22(25)19(12-16)18(14-24(30)26-6-7-28-8-10-33-11-9-28)21-15-27-23-5-3-17(29(31)32)13-20(21)23/h2-5,12-13,15,18,27H,6-11,14H2,1H3,(H,26,30). The predicted octanol–water partition coefficient (Wildman–Crippen LogP) is 3.49. The van der Waals surface area contributed by atoms with Crippen molar-refractivity contribution in [1.29, 1.82) is 0 Å². The molecule has 0 radical (unpaired) electrons. The summed E-state index contributed by atoms with van der Waals surface area (Å²) in [5.41, 5.74) is 2.56. The van der Waals surface area contributed by atoms with Gasteiger partial charge in [-0.3, -0.25) is 19.8 Å². The number of amides is 1. The summed E-state index contributed by atoms with van der Waals surface area (Å²) < 4.78 is 20.2. The Morgan fingerprint density at radius 1 is 1.24 bits per heavy atom. The van der Waals surface area contributed by atoms with Crippen molar-refractivity contribution in [3.05, 3.63) is 75.2 Å².